The summed E-state index contributed by atoms with van der Waals surface area (Å²) in [6.45, 7) is 1.83. The zero-order valence-electron chi connectivity index (χ0n) is 11.9. The molecular formula is C14H14FNO5S. The molecule has 1 aromatic rings. The van der Waals surface area contributed by atoms with Gasteiger partial charge in [0.15, 0.2) is 0 Å². The maximum atomic E-state index is 12.7. The van der Waals surface area contributed by atoms with E-state index < -0.39 is 34.1 Å². The fourth-order valence-corrected chi connectivity index (χ4v) is 3.31. The van der Waals surface area contributed by atoms with Gasteiger partial charge in [-0.3, -0.25) is 4.79 Å². The van der Waals surface area contributed by atoms with Crippen LogP contribution in [0.1, 0.15) is 19.4 Å². The SMILES string of the molecule is CC(C)(NC(=O)OCC1=Cc2ccccc2S1(=O)=O)C(=O)F. The van der Waals surface area contributed by atoms with Crippen molar-refractivity contribution in [2.75, 3.05) is 6.61 Å². The van der Waals surface area contributed by atoms with Gasteiger partial charge in [0, 0.05) is 0 Å². The van der Waals surface area contributed by atoms with Gasteiger partial charge in [0.2, 0.25) is 9.84 Å². The molecule has 1 N–H and O–H groups in total. The van der Waals surface area contributed by atoms with Crippen LogP contribution in [0.25, 0.3) is 6.08 Å². The number of hydrogen-bond donors (Lipinski definition) is 1. The first kappa shape index (κ1) is 16.2. The van der Waals surface area contributed by atoms with Crippen molar-refractivity contribution in [1.82, 2.24) is 5.32 Å². The van der Waals surface area contributed by atoms with E-state index in [1.54, 1.807) is 18.2 Å². The van der Waals surface area contributed by atoms with Gasteiger partial charge in [-0.25, -0.2) is 13.2 Å². The summed E-state index contributed by atoms with van der Waals surface area (Å²) >= 11 is 0. The van der Waals surface area contributed by atoms with E-state index in [1.165, 1.54) is 12.1 Å². The van der Waals surface area contributed by atoms with Gasteiger partial charge in [0.05, 0.1) is 9.80 Å². The molecule has 1 aliphatic rings. The summed E-state index contributed by atoms with van der Waals surface area (Å²) in [6.07, 6.45) is 0.326. The van der Waals surface area contributed by atoms with Crippen molar-refractivity contribution in [1.29, 1.82) is 0 Å². The van der Waals surface area contributed by atoms with Crippen molar-refractivity contribution in [3.8, 4) is 0 Å². The summed E-state index contributed by atoms with van der Waals surface area (Å²) in [4.78, 5) is 22.3. The Morgan fingerprint density at radius 1 is 1.27 bits per heavy atom. The van der Waals surface area contributed by atoms with Crippen molar-refractivity contribution < 1.29 is 27.1 Å². The van der Waals surface area contributed by atoms with Crippen LogP contribution in [-0.2, 0) is 19.4 Å². The highest BCUT2D eigenvalue weighted by atomic mass is 32.2. The van der Waals surface area contributed by atoms with E-state index in [0.717, 1.165) is 13.8 Å². The molecule has 0 bridgehead atoms. The van der Waals surface area contributed by atoms with Crippen molar-refractivity contribution in [3.63, 3.8) is 0 Å². The third-order valence-corrected chi connectivity index (χ3v) is 5.00. The summed E-state index contributed by atoms with van der Waals surface area (Å²) in [6, 6.07) is 4.64. The van der Waals surface area contributed by atoms with Crippen LogP contribution >= 0.6 is 0 Å². The number of alkyl carbamates (subject to hydrolysis) is 1. The zero-order valence-corrected chi connectivity index (χ0v) is 12.7. The van der Waals surface area contributed by atoms with Crippen LogP contribution in [-0.4, -0.2) is 32.7 Å². The Bertz CT molecular complexity index is 767. The largest absolute Gasteiger partial charge is 0.444 e. The number of sulfone groups is 1. The van der Waals surface area contributed by atoms with Gasteiger partial charge >= 0.3 is 12.1 Å². The number of benzene rings is 1. The Labute approximate surface area is 126 Å². The molecule has 0 radical (unpaired) electrons. The van der Waals surface area contributed by atoms with Gasteiger partial charge < -0.3 is 10.1 Å². The van der Waals surface area contributed by atoms with Crippen molar-refractivity contribution >= 4 is 28.0 Å². The summed E-state index contributed by atoms with van der Waals surface area (Å²) in [5.74, 6) is 0. The van der Waals surface area contributed by atoms with Crippen LogP contribution in [0.4, 0.5) is 9.18 Å². The van der Waals surface area contributed by atoms with Crippen LogP contribution in [0.15, 0.2) is 34.1 Å². The number of carbonyl (C=O) groups excluding carboxylic acids is 2. The summed E-state index contributed by atoms with van der Waals surface area (Å²) < 4.78 is 41.8. The third kappa shape index (κ3) is 3.01. The lowest BCUT2D eigenvalue weighted by Crippen LogP contribution is -2.48. The van der Waals surface area contributed by atoms with Crippen molar-refractivity contribution in [3.05, 3.63) is 34.7 Å². The van der Waals surface area contributed by atoms with Crippen molar-refractivity contribution in [2.24, 2.45) is 0 Å². The second-order valence-corrected chi connectivity index (χ2v) is 7.22. The predicted molar refractivity (Wildman–Crippen MR) is 76.3 cm³/mol. The molecule has 0 saturated carbocycles. The highest BCUT2D eigenvalue weighted by Crippen LogP contribution is 2.32. The Hall–Kier alpha value is -2.22. The number of hydrogen-bond acceptors (Lipinski definition) is 5. The molecule has 2 rings (SSSR count). The van der Waals surface area contributed by atoms with E-state index in [4.69, 9.17) is 4.74 Å². The quantitative estimate of drug-likeness (QED) is 0.852. The molecule has 0 spiro atoms. The molecule has 6 nitrogen and oxygen atoms in total. The van der Waals surface area contributed by atoms with Gasteiger partial charge in [-0.1, -0.05) is 18.2 Å². The van der Waals surface area contributed by atoms with E-state index in [-0.39, 0.29) is 9.80 Å². The molecular weight excluding hydrogens is 313 g/mol. The molecule has 1 aliphatic heterocycles. The second kappa shape index (κ2) is 5.53. The lowest BCUT2D eigenvalue weighted by Gasteiger charge is -2.19. The normalized spacial score (nSPS) is 15.7. The monoisotopic (exact) mass is 327 g/mol. The van der Waals surface area contributed by atoms with Gasteiger partial charge in [-0.15, -0.1) is 0 Å². The molecule has 22 heavy (non-hydrogen) atoms. The predicted octanol–water partition coefficient (Wildman–Crippen LogP) is 1.82. The van der Waals surface area contributed by atoms with Gasteiger partial charge in [-0.05, 0) is 31.6 Å². The lowest BCUT2D eigenvalue weighted by molar-refractivity contribution is -0.134. The first-order valence-corrected chi connectivity index (χ1v) is 7.82. The minimum atomic E-state index is -3.69. The van der Waals surface area contributed by atoms with E-state index in [0.29, 0.717) is 5.56 Å². The van der Waals surface area contributed by atoms with Crippen LogP contribution in [0.2, 0.25) is 0 Å². The fourth-order valence-electron chi connectivity index (χ4n) is 1.83. The molecule has 8 heteroatoms. The standard InChI is InChI=1S/C14H14FNO5S/c1-14(2,12(15)17)16-13(18)21-8-10-7-9-5-3-4-6-11(9)22(10,19)20/h3-7H,8H2,1-2H3,(H,16,18). The minimum absolute atomic E-state index is 0.0757. The average molecular weight is 327 g/mol. The van der Waals surface area contributed by atoms with Gasteiger partial charge in [-0.2, -0.15) is 4.39 Å². The number of fused-ring (bicyclic) bond motifs is 1. The highest BCUT2D eigenvalue weighted by molar-refractivity contribution is 7.95. The van der Waals surface area contributed by atoms with Crippen LogP contribution in [0.5, 0.6) is 0 Å². The number of amides is 1. The number of rotatable bonds is 4. The van der Waals surface area contributed by atoms with Crippen LogP contribution in [0, 0.1) is 0 Å². The zero-order chi connectivity index (χ0) is 16.5. The van der Waals surface area contributed by atoms with Gasteiger partial charge in [0.25, 0.3) is 0 Å². The van der Waals surface area contributed by atoms with Crippen LogP contribution < -0.4 is 5.32 Å². The molecule has 1 aromatic carbocycles. The summed E-state index contributed by atoms with van der Waals surface area (Å²) in [5.41, 5.74) is -1.22. The Kier molecular flexibility index (Phi) is 4.06. The first-order chi connectivity index (χ1) is 10.1. The first-order valence-electron chi connectivity index (χ1n) is 6.34. The molecule has 0 unspecified atom stereocenters. The Morgan fingerprint density at radius 3 is 2.50 bits per heavy atom. The Morgan fingerprint density at radius 2 is 1.91 bits per heavy atom. The highest BCUT2D eigenvalue weighted by Gasteiger charge is 2.32. The number of ether oxygens (including phenoxy) is 1. The number of nitrogens with one attached hydrogen (secondary N) is 1. The molecule has 1 amide bonds. The molecule has 0 saturated heterocycles. The van der Waals surface area contributed by atoms with E-state index in [2.05, 4.69) is 0 Å². The molecule has 118 valence electrons. The Balaban J connectivity index is 2.05. The van der Waals surface area contributed by atoms with Crippen molar-refractivity contribution in [2.45, 2.75) is 24.3 Å². The molecule has 1 heterocycles. The average Bonchev–Trinajstić information content (AvgIpc) is 2.67. The smallest absolute Gasteiger partial charge is 0.408 e. The maximum Gasteiger partial charge on any atom is 0.408 e. The molecule has 0 fully saturated rings. The van der Waals surface area contributed by atoms with Crippen LogP contribution in [0.3, 0.4) is 0 Å². The topological polar surface area (TPSA) is 89.5 Å². The third-order valence-electron chi connectivity index (χ3n) is 3.12. The van der Waals surface area contributed by atoms with E-state index >= 15 is 0 Å². The molecule has 0 aromatic heterocycles. The van der Waals surface area contributed by atoms with Gasteiger partial charge in [0.1, 0.15) is 12.1 Å². The molecule has 0 aliphatic carbocycles. The number of carbonyl (C=O) groups is 2. The van der Waals surface area contributed by atoms with E-state index in [1.807, 2.05) is 5.32 Å². The minimum Gasteiger partial charge on any atom is -0.444 e. The molecule has 0 atom stereocenters. The lowest BCUT2D eigenvalue weighted by atomic mass is 10.1. The second-order valence-electron chi connectivity index (χ2n) is 5.25. The van der Waals surface area contributed by atoms with E-state index in [9.17, 15) is 22.4 Å². The summed E-state index contributed by atoms with van der Waals surface area (Å²) in [7, 11) is -3.69. The summed E-state index contributed by atoms with van der Waals surface area (Å²) in [5, 5.41) is 2.02. The fraction of sp³-hybridized carbons (Fsp3) is 0.286. The maximum absolute atomic E-state index is 12.7. The number of halogens is 1.